The summed E-state index contributed by atoms with van der Waals surface area (Å²) in [7, 11) is -4.23. The van der Waals surface area contributed by atoms with E-state index in [9.17, 15) is 17.6 Å². The van der Waals surface area contributed by atoms with Crippen LogP contribution in [0.2, 0.25) is 0 Å². The molecule has 1 N–H and O–H groups in total. The number of rotatable bonds is 9. The van der Waals surface area contributed by atoms with E-state index in [0.717, 1.165) is 19.3 Å². The fourth-order valence-corrected chi connectivity index (χ4v) is 5.22. The summed E-state index contributed by atoms with van der Waals surface area (Å²) < 4.78 is 54.0. The Bertz CT molecular complexity index is 1440. The predicted octanol–water partition coefficient (Wildman–Crippen LogP) is 5.80. The van der Waals surface area contributed by atoms with Crippen molar-refractivity contribution in [1.29, 1.82) is 0 Å². The third kappa shape index (κ3) is 6.86. The molecule has 1 aromatic carbocycles. The third-order valence-corrected chi connectivity index (χ3v) is 7.38. The molecule has 0 bridgehead atoms. The van der Waals surface area contributed by atoms with E-state index in [-0.39, 0.29) is 31.3 Å². The van der Waals surface area contributed by atoms with Gasteiger partial charge in [0.15, 0.2) is 5.03 Å². The highest BCUT2D eigenvalue weighted by Crippen LogP contribution is 2.32. The Morgan fingerprint density at radius 1 is 1.16 bits per heavy atom. The van der Waals surface area contributed by atoms with Crippen molar-refractivity contribution in [3.05, 3.63) is 65.6 Å². The number of hydrogen-bond donors (Lipinski definition) is 1. The number of halogens is 1. The molecule has 38 heavy (non-hydrogen) atoms. The van der Waals surface area contributed by atoms with E-state index >= 15 is 0 Å². The summed E-state index contributed by atoms with van der Waals surface area (Å²) in [4.78, 5) is 21.7. The molecular weight excluding hydrogens is 509 g/mol. The minimum Gasteiger partial charge on any atom is -0.493 e. The molecule has 0 spiro atoms. The average molecular weight is 546 g/mol. The standard InChI is InChI=1S/C28H32FN3O5S.2H2/c1-17(2)16-36-23-14-20(13-21(29)15-23)25-11-10-24(28(31-25)37-22-9-8-18(3)12-22)27(33)32-38(34,35)26-7-5-6-19(4)30-26;;/h5-7,10-11,13-15,17-18,22H,8-9,12,16H2,1-4H3,(H,32,33);2*1H. The van der Waals surface area contributed by atoms with Crippen LogP contribution in [0.3, 0.4) is 0 Å². The van der Waals surface area contributed by atoms with Gasteiger partial charge in [-0.2, -0.15) is 8.42 Å². The van der Waals surface area contributed by atoms with Crippen LogP contribution in [0, 0.1) is 24.6 Å². The third-order valence-electron chi connectivity index (χ3n) is 6.15. The number of carbonyl (C=O) groups is 1. The predicted molar refractivity (Wildman–Crippen MR) is 145 cm³/mol. The number of amides is 1. The van der Waals surface area contributed by atoms with Crippen molar-refractivity contribution in [3.63, 3.8) is 0 Å². The molecule has 8 nitrogen and oxygen atoms in total. The molecule has 1 amide bonds. The average Bonchev–Trinajstić information content (AvgIpc) is 3.26. The quantitative estimate of drug-likeness (QED) is 0.362. The maximum atomic E-state index is 14.4. The van der Waals surface area contributed by atoms with E-state index in [2.05, 4.69) is 21.6 Å². The van der Waals surface area contributed by atoms with E-state index in [1.807, 2.05) is 13.8 Å². The number of sulfonamides is 1. The SMILES string of the molecule is Cc1cccc(S(=O)(=O)NC(=O)c2ccc(-c3cc(F)cc(OCC(C)C)c3)nc2OC2CCC(C)C2)n1.[HH].[HH]. The fourth-order valence-electron chi connectivity index (χ4n) is 4.24. The summed E-state index contributed by atoms with van der Waals surface area (Å²) >= 11 is 0. The second-order valence-corrected chi connectivity index (χ2v) is 11.8. The Balaban J connectivity index is 0.00000280. The van der Waals surface area contributed by atoms with Gasteiger partial charge in [-0.05, 0) is 74.4 Å². The lowest BCUT2D eigenvalue weighted by molar-refractivity contribution is 0.0972. The first-order valence-electron chi connectivity index (χ1n) is 12.6. The molecule has 2 heterocycles. The van der Waals surface area contributed by atoms with Crippen LogP contribution in [-0.2, 0) is 10.0 Å². The van der Waals surface area contributed by atoms with Gasteiger partial charge in [0.1, 0.15) is 23.2 Å². The molecule has 2 atom stereocenters. The van der Waals surface area contributed by atoms with Gasteiger partial charge in [0.2, 0.25) is 5.88 Å². The number of ether oxygens (including phenoxy) is 2. The van der Waals surface area contributed by atoms with Crippen LogP contribution in [-0.4, -0.2) is 37.0 Å². The minimum atomic E-state index is -4.23. The zero-order chi connectivity index (χ0) is 27.4. The highest BCUT2D eigenvalue weighted by molar-refractivity contribution is 7.90. The molecule has 0 radical (unpaired) electrons. The molecular formula is C28H36FN3O5S. The molecule has 206 valence electrons. The highest BCUT2D eigenvalue weighted by Gasteiger charge is 2.28. The molecule has 1 fully saturated rings. The number of carbonyl (C=O) groups excluding carboxylic acids is 1. The second kappa shape index (κ2) is 11.5. The molecule has 4 rings (SSSR count). The van der Waals surface area contributed by atoms with Crippen LogP contribution in [0.15, 0.2) is 53.6 Å². The van der Waals surface area contributed by atoms with Gasteiger partial charge in [0, 0.05) is 20.2 Å². The summed E-state index contributed by atoms with van der Waals surface area (Å²) in [5.74, 6) is -0.321. The van der Waals surface area contributed by atoms with Crippen LogP contribution < -0.4 is 14.2 Å². The number of pyridine rings is 2. The van der Waals surface area contributed by atoms with Crippen molar-refractivity contribution in [1.82, 2.24) is 14.7 Å². The Hall–Kier alpha value is -3.53. The number of nitrogens with zero attached hydrogens (tertiary/aromatic N) is 2. The number of nitrogens with one attached hydrogen (secondary N) is 1. The van der Waals surface area contributed by atoms with Crippen molar-refractivity contribution in [3.8, 4) is 22.9 Å². The van der Waals surface area contributed by atoms with Gasteiger partial charge in [0.25, 0.3) is 15.9 Å². The summed E-state index contributed by atoms with van der Waals surface area (Å²) in [5.41, 5.74) is 1.26. The Morgan fingerprint density at radius 2 is 1.95 bits per heavy atom. The van der Waals surface area contributed by atoms with Crippen molar-refractivity contribution in [2.75, 3.05) is 6.61 Å². The second-order valence-electron chi connectivity index (χ2n) is 10.1. The zero-order valence-electron chi connectivity index (χ0n) is 21.9. The lowest BCUT2D eigenvalue weighted by atomic mass is 10.1. The van der Waals surface area contributed by atoms with Gasteiger partial charge in [-0.25, -0.2) is 19.1 Å². The molecule has 1 aliphatic rings. The first-order valence-corrected chi connectivity index (χ1v) is 14.1. The molecule has 1 saturated carbocycles. The number of hydrogen-bond acceptors (Lipinski definition) is 7. The first-order chi connectivity index (χ1) is 18.0. The van der Waals surface area contributed by atoms with E-state index in [1.165, 1.54) is 30.3 Å². The topological polar surface area (TPSA) is 107 Å². The summed E-state index contributed by atoms with van der Waals surface area (Å²) in [6.45, 7) is 8.19. The van der Waals surface area contributed by atoms with Crippen LogP contribution in [0.25, 0.3) is 11.3 Å². The molecule has 0 saturated heterocycles. The minimum absolute atomic E-state index is 0. The van der Waals surface area contributed by atoms with Crippen LogP contribution in [0.5, 0.6) is 11.6 Å². The first kappa shape index (κ1) is 27.5. The van der Waals surface area contributed by atoms with Crippen LogP contribution in [0.4, 0.5) is 4.39 Å². The van der Waals surface area contributed by atoms with Gasteiger partial charge in [-0.15, -0.1) is 0 Å². The molecule has 0 aliphatic heterocycles. The Kier molecular flexibility index (Phi) is 8.30. The monoisotopic (exact) mass is 545 g/mol. The molecule has 2 unspecified atom stereocenters. The number of aromatic nitrogens is 2. The molecule has 1 aliphatic carbocycles. The number of benzene rings is 1. The summed E-state index contributed by atoms with van der Waals surface area (Å²) in [6, 6.07) is 11.8. The van der Waals surface area contributed by atoms with Gasteiger partial charge < -0.3 is 9.47 Å². The van der Waals surface area contributed by atoms with Gasteiger partial charge in [0.05, 0.1) is 12.3 Å². The normalized spacial score (nSPS) is 17.4. The van der Waals surface area contributed by atoms with Gasteiger partial charge in [-0.3, -0.25) is 4.79 Å². The van der Waals surface area contributed by atoms with Crippen LogP contribution in [0.1, 0.15) is 58.9 Å². The van der Waals surface area contributed by atoms with E-state index in [1.54, 1.807) is 25.1 Å². The fraction of sp³-hybridized carbons (Fsp3) is 0.393. The van der Waals surface area contributed by atoms with Gasteiger partial charge >= 0.3 is 0 Å². The van der Waals surface area contributed by atoms with Crippen molar-refractivity contribution in [2.24, 2.45) is 11.8 Å². The van der Waals surface area contributed by atoms with Crippen molar-refractivity contribution >= 4 is 15.9 Å². The van der Waals surface area contributed by atoms with E-state index in [0.29, 0.717) is 35.2 Å². The molecule has 3 aromatic rings. The van der Waals surface area contributed by atoms with E-state index < -0.39 is 21.7 Å². The maximum absolute atomic E-state index is 14.4. The molecule has 10 heteroatoms. The Labute approximate surface area is 225 Å². The highest BCUT2D eigenvalue weighted by atomic mass is 32.2. The van der Waals surface area contributed by atoms with E-state index in [4.69, 9.17) is 9.47 Å². The largest absolute Gasteiger partial charge is 0.493 e. The lowest BCUT2D eigenvalue weighted by Crippen LogP contribution is -2.32. The van der Waals surface area contributed by atoms with Gasteiger partial charge in [-0.1, -0.05) is 26.8 Å². The summed E-state index contributed by atoms with van der Waals surface area (Å²) in [5, 5.41) is -0.267. The lowest BCUT2D eigenvalue weighted by Gasteiger charge is -2.17. The maximum Gasteiger partial charge on any atom is 0.281 e. The number of aryl methyl sites for hydroxylation is 1. The smallest absolute Gasteiger partial charge is 0.281 e. The summed E-state index contributed by atoms with van der Waals surface area (Å²) in [6.07, 6.45) is 2.37. The van der Waals surface area contributed by atoms with Crippen molar-refractivity contribution < 1.29 is 29.9 Å². The zero-order valence-corrected chi connectivity index (χ0v) is 22.7. The Morgan fingerprint density at radius 3 is 2.63 bits per heavy atom. The van der Waals surface area contributed by atoms with Crippen molar-refractivity contribution in [2.45, 2.75) is 58.1 Å². The van der Waals surface area contributed by atoms with Crippen LogP contribution >= 0.6 is 0 Å². The molecule has 2 aromatic heterocycles.